The highest BCUT2D eigenvalue weighted by Gasteiger charge is 2.31. The Kier molecular flexibility index (Phi) is 10.00. The quantitative estimate of drug-likeness (QED) is 0.156. The lowest BCUT2D eigenvalue weighted by molar-refractivity contribution is -0.303. The number of aromatic carboxylic acids is 1. The zero-order valence-electron chi connectivity index (χ0n) is 18.8. The second-order valence-electron chi connectivity index (χ2n) is 7.17. The van der Waals surface area contributed by atoms with Gasteiger partial charge in [0.05, 0.1) is 16.3 Å². The molecule has 0 saturated carbocycles. The van der Waals surface area contributed by atoms with Crippen molar-refractivity contribution in [1.29, 1.82) is 0 Å². The molecule has 10 heteroatoms. The second-order valence-corrected chi connectivity index (χ2v) is 9.36. The number of carboxylic acid groups (broad SMARTS) is 1. The molecule has 0 fully saturated rings. The molecular formula is C23H27F3N2O3S2. The van der Waals surface area contributed by atoms with E-state index in [2.05, 4.69) is 14.4 Å². The van der Waals surface area contributed by atoms with Gasteiger partial charge in [0.1, 0.15) is 5.76 Å². The van der Waals surface area contributed by atoms with Crippen LogP contribution in [0.2, 0.25) is 0 Å². The third kappa shape index (κ3) is 8.53. The molecule has 0 radical (unpaired) electrons. The van der Waals surface area contributed by atoms with Crippen molar-refractivity contribution in [2.45, 2.75) is 57.7 Å². The zero-order valence-corrected chi connectivity index (χ0v) is 20.5. The predicted molar refractivity (Wildman–Crippen MR) is 126 cm³/mol. The van der Waals surface area contributed by atoms with Crippen LogP contribution in [0.5, 0.6) is 0 Å². The van der Waals surface area contributed by atoms with E-state index in [9.17, 15) is 23.1 Å². The summed E-state index contributed by atoms with van der Waals surface area (Å²) in [5.74, 6) is -1.36. The molecule has 1 unspecified atom stereocenters. The molecule has 180 valence electrons. The molecule has 33 heavy (non-hydrogen) atoms. The van der Waals surface area contributed by atoms with Crippen molar-refractivity contribution in [3.63, 3.8) is 0 Å². The summed E-state index contributed by atoms with van der Waals surface area (Å²) >= 11 is 2.88. The number of nitrogens with one attached hydrogen (secondary N) is 1. The summed E-state index contributed by atoms with van der Waals surface area (Å²) in [7, 11) is 0. The Balaban J connectivity index is 1.92. The zero-order chi connectivity index (χ0) is 24.6. The van der Waals surface area contributed by atoms with Crippen molar-refractivity contribution in [1.82, 2.24) is 9.71 Å². The summed E-state index contributed by atoms with van der Waals surface area (Å²) in [5.41, 5.74) is 2.04. The Morgan fingerprint density at radius 3 is 2.73 bits per heavy atom. The third-order valence-corrected chi connectivity index (χ3v) is 6.76. The number of alkyl halides is 3. The highest BCUT2D eigenvalue weighted by atomic mass is 32.2. The van der Waals surface area contributed by atoms with Gasteiger partial charge in [0.25, 0.3) is 0 Å². The molecule has 5 nitrogen and oxygen atoms in total. The minimum atomic E-state index is -4.72. The Morgan fingerprint density at radius 2 is 2.12 bits per heavy atom. The fourth-order valence-corrected chi connectivity index (χ4v) is 4.63. The van der Waals surface area contributed by atoms with Crippen LogP contribution in [0.4, 0.5) is 13.2 Å². The van der Waals surface area contributed by atoms with Gasteiger partial charge < -0.3 is 9.84 Å². The Bertz CT molecular complexity index is 1020. The van der Waals surface area contributed by atoms with Crippen molar-refractivity contribution in [3.05, 3.63) is 68.9 Å². The van der Waals surface area contributed by atoms with Crippen LogP contribution < -0.4 is 4.72 Å². The highest BCUT2D eigenvalue weighted by Crippen LogP contribution is 2.28. The lowest BCUT2D eigenvalue weighted by Gasteiger charge is -2.09. The summed E-state index contributed by atoms with van der Waals surface area (Å²) in [6, 6.07) is 5.39. The van der Waals surface area contributed by atoms with E-state index >= 15 is 0 Å². The minimum Gasteiger partial charge on any atom is -0.478 e. The molecule has 0 bridgehead atoms. The van der Waals surface area contributed by atoms with Crippen LogP contribution in [-0.2, 0) is 17.6 Å². The van der Waals surface area contributed by atoms with Gasteiger partial charge in [-0.2, -0.15) is 0 Å². The third-order valence-electron chi connectivity index (χ3n) is 4.71. The number of carbonyl (C=O) groups is 1. The van der Waals surface area contributed by atoms with Crippen LogP contribution in [-0.4, -0.2) is 29.0 Å². The van der Waals surface area contributed by atoms with E-state index < -0.39 is 12.3 Å². The van der Waals surface area contributed by atoms with Gasteiger partial charge in [0, 0.05) is 28.7 Å². The number of aryl methyl sites for hydroxylation is 2. The summed E-state index contributed by atoms with van der Waals surface area (Å²) in [6.07, 6.45) is 0.803. The summed E-state index contributed by atoms with van der Waals surface area (Å²) in [6.45, 7) is 7.86. The van der Waals surface area contributed by atoms with Crippen molar-refractivity contribution < 1.29 is 27.8 Å². The molecule has 0 amide bonds. The van der Waals surface area contributed by atoms with Crippen LogP contribution in [0.15, 0.2) is 47.1 Å². The van der Waals surface area contributed by atoms with E-state index in [0.717, 1.165) is 26.0 Å². The monoisotopic (exact) mass is 500 g/mol. The first-order valence-electron chi connectivity index (χ1n) is 10.4. The number of ether oxygens (including phenoxy) is 1. The maximum Gasteiger partial charge on any atom is 0.573 e. The number of carboxylic acids is 1. The molecule has 2 aromatic rings. The molecule has 0 saturated heterocycles. The van der Waals surface area contributed by atoms with E-state index in [1.54, 1.807) is 12.1 Å². The highest BCUT2D eigenvalue weighted by molar-refractivity contribution is 7.97. The fraction of sp³-hybridized carbons (Fsp3) is 0.391. The normalized spacial score (nSPS) is 13.5. The first kappa shape index (κ1) is 26.9. The van der Waals surface area contributed by atoms with E-state index in [1.807, 2.05) is 32.9 Å². The average molecular weight is 501 g/mol. The predicted octanol–water partition coefficient (Wildman–Crippen LogP) is 6.65. The number of hydrogen-bond acceptors (Lipinski definition) is 6. The molecule has 1 atom stereocenters. The van der Waals surface area contributed by atoms with Crippen molar-refractivity contribution >= 4 is 29.3 Å². The molecule has 0 spiro atoms. The lowest BCUT2D eigenvalue weighted by atomic mass is 10.1. The maximum atomic E-state index is 12.4. The fourth-order valence-electron chi connectivity index (χ4n) is 2.95. The second kappa shape index (κ2) is 12.2. The van der Waals surface area contributed by atoms with Crippen LogP contribution >= 0.6 is 23.3 Å². The Morgan fingerprint density at radius 1 is 1.39 bits per heavy atom. The summed E-state index contributed by atoms with van der Waals surface area (Å²) in [4.78, 5) is 17.9. The van der Waals surface area contributed by atoms with E-state index in [0.29, 0.717) is 24.9 Å². The van der Waals surface area contributed by atoms with E-state index in [-0.39, 0.29) is 11.7 Å². The average Bonchev–Trinajstić information content (AvgIpc) is 3.13. The molecule has 1 heterocycles. The van der Waals surface area contributed by atoms with Gasteiger partial charge in [0.2, 0.25) is 0 Å². The molecule has 0 aliphatic heterocycles. The first-order chi connectivity index (χ1) is 15.5. The van der Waals surface area contributed by atoms with Crippen molar-refractivity contribution in [2.75, 3.05) is 6.54 Å². The first-order valence-corrected chi connectivity index (χ1v) is 12.0. The molecule has 1 aromatic heterocycles. The number of aromatic nitrogens is 1. The SMILES string of the molecule is C/C=C(\C=C/C(C)c1nc(CCNSc2ccc(CC)c(C(=O)O)c2)c(C)s1)OC(F)(F)F. The molecular weight excluding hydrogens is 473 g/mol. The molecule has 0 aliphatic rings. The largest absolute Gasteiger partial charge is 0.573 e. The standard InChI is InChI=1S/C23H27F3N2O3S2/c1-5-16-8-10-18(13-19(16)22(29)30)33-27-12-11-20-15(4)32-21(28-20)14(3)7-9-17(6-2)31-23(24,25)26/h6-10,13-14,27H,5,11-12H2,1-4H3,(H,29,30)/b9-7-,17-6+. The van der Waals surface area contributed by atoms with Gasteiger partial charge in [-0.05, 0) is 62.1 Å². The van der Waals surface area contributed by atoms with Crippen molar-refractivity contribution in [3.8, 4) is 0 Å². The molecule has 0 aliphatic carbocycles. The van der Waals surface area contributed by atoms with Crippen LogP contribution in [0.1, 0.15) is 58.2 Å². The number of thiazole rings is 1. The Labute approximate surface area is 199 Å². The maximum absolute atomic E-state index is 12.4. The van der Waals surface area contributed by atoms with Gasteiger partial charge >= 0.3 is 12.3 Å². The van der Waals surface area contributed by atoms with Crippen LogP contribution in [0.25, 0.3) is 0 Å². The lowest BCUT2D eigenvalue weighted by Crippen LogP contribution is -2.12. The van der Waals surface area contributed by atoms with Gasteiger partial charge in [-0.25, -0.2) is 9.78 Å². The van der Waals surface area contributed by atoms with Crippen LogP contribution in [0.3, 0.4) is 0 Å². The summed E-state index contributed by atoms with van der Waals surface area (Å²) < 4.78 is 44.4. The van der Waals surface area contributed by atoms with E-state index in [1.165, 1.54) is 42.4 Å². The van der Waals surface area contributed by atoms with Gasteiger partial charge in [-0.3, -0.25) is 4.72 Å². The van der Waals surface area contributed by atoms with Crippen LogP contribution in [0, 0.1) is 6.92 Å². The number of hydrogen-bond donors (Lipinski definition) is 2. The van der Waals surface area contributed by atoms with Gasteiger partial charge in [0.15, 0.2) is 0 Å². The number of allylic oxidation sites excluding steroid dienone is 3. The van der Waals surface area contributed by atoms with Crippen molar-refractivity contribution in [2.24, 2.45) is 0 Å². The number of nitrogens with zero attached hydrogens (tertiary/aromatic N) is 1. The molecule has 1 aromatic carbocycles. The van der Waals surface area contributed by atoms with Gasteiger partial charge in [-0.1, -0.05) is 26.0 Å². The Hall–Kier alpha value is -2.30. The van der Waals surface area contributed by atoms with Gasteiger partial charge in [-0.15, -0.1) is 24.5 Å². The summed E-state index contributed by atoms with van der Waals surface area (Å²) in [5, 5.41) is 10.2. The number of halogens is 3. The van der Waals surface area contributed by atoms with E-state index in [4.69, 9.17) is 0 Å². The number of rotatable bonds is 11. The minimum absolute atomic E-state index is 0.164. The number of benzene rings is 1. The molecule has 2 N–H and O–H groups in total. The smallest absolute Gasteiger partial charge is 0.478 e. The topological polar surface area (TPSA) is 71.5 Å². The molecule has 2 rings (SSSR count).